The van der Waals surface area contributed by atoms with Crippen LogP contribution in [0.2, 0.25) is 6.04 Å². The smallest absolute Gasteiger partial charge is 0.0781 e. The van der Waals surface area contributed by atoms with Gasteiger partial charge in [0.15, 0.2) is 0 Å². The van der Waals surface area contributed by atoms with Gasteiger partial charge in [0.1, 0.15) is 0 Å². The van der Waals surface area contributed by atoms with Gasteiger partial charge in [0, 0.05) is 10.2 Å². The van der Waals surface area contributed by atoms with Gasteiger partial charge < -0.3 is 4.74 Å². The fourth-order valence-electron chi connectivity index (χ4n) is 0.192. The van der Waals surface area contributed by atoms with Gasteiger partial charge in [0.25, 0.3) is 0 Å². The summed E-state index contributed by atoms with van der Waals surface area (Å²) in [7, 11) is 2.90. The van der Waals surface area contributed by atoms with Crippen molar-refractivity contribution in [1.29, 1.82) is 0 Å². The SMILES string of the molecule is COC=CC[SiH3]. The molecule has 0 saturated carbocycles. The molecule has 0 aliphatic heterocycles. The van der Waals surface area contributed by atoms with Crippen LogP contribution in [0, 0.1) is 0 Å². The Kier molecular flexibility index (Phi) is 4.56. The summed E-state index contributed by atoms with van der Waals surface area (Å²) >= 11 is 0. The van der Waals surface area contributed by atoms with E-state index in [0.717, 1.165) is 0 Å². The summed E-state index contributed by atoms with van der Waals surface area (Å²) in [5.41, 5.74) is 0. The lowest BCUT2D eigenvalue weighted by molar-refractivity contribution is 0.337. The maximum Gasteiger partial charge on any atom is 0.0781 e. The first-order valence-corrected chi connectivity index (χ1v) is 3.51. The van der Waals surface area contributed by atoms with Crippen molar-refractivity contribution >= 4 is 10.2 Å². The monoisotopic (exact) mass is 102 g/mol. The van der Waals surface area contributed by atoms with Crippen molar-refractivity contribution in [1.82, 2.24) is 0 Å². The Morgan fingerprint density at radius 3 is 2.67 bits per heavy atom. The number of hydrogen-bond acceptors (Lipinski definition) is 1. The van der Waals surface area contributed by atoms with E-state index >= 15 is 0 Å². The second kappa shape index (κ2) is 4.76. The van der Waals surface area contributed by atoms with Crippen LogP contribution in [0.15, 0.2) is 12.3 Å². The first kappa shape index (κ1) is 5.76. The lowest BCUT2D eigenvalue weighted by Gasteiger charge is -1.79. The molecule has 0 spiro atoms. The lowest BCUT2D eigenvalue weighted by atomic mass is 10.7. The first-order valence-electron chi connectivity index (χ1n) is 2.09. The third kappa shape index (κ3) is 3.76. The molecule has 0 fully saturated rings. The highest BCUT2D eigenvalue weighted by Crippen LogP contribution is 1.74. The van der Waals surface area contributed by atoms with Gasteiger partial charge in [-0.05, 0) is 6.04 Å². The van der Waals surface area contributed by atoms with E-state index in [0.29, 0.717) is 0 Å². The van der Waals surface area contributed by atoms with Crippen LogP contribution in [0.5, 0.6) is 0 Å². The van der Waals surface area contributed by atoms with Crippen LogP contribution in [0.25, 0.3) is 0 Å². The molecule has 0 aliphatic carbocycles. The molecule has 0 aromatic rings. The topological polar surface area (TPSA) is 9.23 Å². The molecular weight excluding hydrogens is 92.1 g/mol. The Morgan fingerprint density at radius 2 is 2.50 bits per heavy atom. The second-order valence-electron chi connectivity index (χ2n) is 1.02. The molecule has 0 radical (unpaired) electrons. The van der Waals surface area contributed by atoms with Crippen molar-refractivity contribution in [3.8, 4) is 0 Å². The molecule has 0 aromatic carbocycles. The molecule has 6 heavy (non-hydrogen) atoms. The van der Waals surface area contributed by atoms with Gasteiger partial charge in [-0.1, -0.05) is 6.08 Å². The van der Waals surface area contributed by atoms with Gasteiger partial charge in [-0.2, -0.15) is 0 Å². The average molecular weight is 102 g/mol. The molecule has 0 saturated heterocycles. The quantitative estimate of drug-likeness (QED) is 0.350. The molecule has 0 amide bonds. The van der Waals surface area contributed by atoms with Crippen LogP contribution in [-0.4, -0.2) is 17.4 Å². The third-order valence-electron chi connectivity index (χ3n) is 0.468. The molecule has 36 valence electrons. The summed E-state index contributed by atoms with van der Waals surface area (Å²) in [5.74, 6) is 0. The van der Waals surface area contributed by atoms with Crippen molar-refractivity contribution in [2.75, 3.05) is 7.11 Å². The van der Waals surface area contributed by atoms with Crippen LogP contribution in [0.3, 0.4) is 0 Å². The van der Waals surface area contributed by atoms with E-state index < -0.39 is 0 Å². The Balaban J connectivity index is 2.73. The van der Waals surface area contributed by atoms with Gasteiger partial charge in [0.05, 0.1) is 13.4 Å². The fourth-order valence-corrected chi connectivity index (χ4v) is 0.385. The van der Waals surface area contributed by atoms with Crippen LogP contribution in [0.4, 0.5) is 0 Å². The molecule has 0 unspecified atom stereocenters. The van der Waals surface area contributed by atoms with E-state index in [1.54, 1.807) is 13.4 Å². The molecule has 1 nitrogen and oxygen atoms in total. The first-order chi connectivity index (χ1) is 2.91. The molecule has 0 aromatic heterocycles. The molecule has 0 aliphatic rings. The van der Waals surface area contributed by atoms with Crippen molar-refractivity contribution < 1.29 is 4.74 Å². The molecule has 0 heterocycles. The van der Waals surface area contributed by atoms with E-state index in [1.807, 2.05) is 6.08 Å². The maximum absolute atomic E-state index is 4.62. The number of rotatable bonds is 2. The second-order valence-corrected chi connectivity index (χ2v) is 1.83. The Labute approximate surface area is 41.4 Å². The highest BCUT2D eigenvalue weighted by molar-refractivity contribution is 6.09. The number of allylic oxidation sites excluding steroid dienone is 1. The summed E-state index contributed by atoms with van der Waals surface area (Å²) in [5, 5.41) is 0. The number of hydrogen-bond donors (Lipinski definition) is 0. The van der Waals surface area contributed by atoms with E-state index in [-0.39, 0.29) is 0 Å². The van der Waals surface area contributed by atoms with Gasteiger partial charge in [-0.15, -0.1) is 0 Å². The lowest BCUT2D eigenvalue weighted by Crippen LogP contribution is -1.63. The summed E-state index contributed by atoms with van der Waals surface area (Å²) < 4.78 is 4.62. The third-order valence-corrected chi connectivity index (χ3v) is 0.939. The number of ether oxygens (including phenoxy) is 1. The van der Waals surface area contributed by atoms with Crippen molar-refractivity contribution in [3.05, 3.63) is 12.3 Å². The summed E-state index contributed by atoms with van der Waals surface area (Å²) in [6.45, 7) is 0. The fraction of sp³-hybridized carbons (Fsp3) is 0.500. The van der Waals surface area contributed by atoms with Crippen molar-refractivity contribution in [2.45, 2.75) is 6.04 Å². The Hall–Kier alpha value is -0.243. The highest BCUT2D eigenvalue weighted by atomic mass is 28.1. The van der Waals surface area contributed by atoms with Crippen LogP contribution < -0.4 is 0 Å². The zero-order valence-electron chi connectivity index (χ0n) is 4.27. The van der Waals surface area contributed by atoms with Gasteiger partial charge in [-0.3, -0.25) is 0 Å². The molecule has 0 bridgehead atoms. The maximum atomic E-state index is 4.62. The molecule has 0 N–H and O–H groups in total. The average Bonchev–Trinajstić information content (AvgIpc) is 1.61. The largest absolute Gasteiger partial charge is 0.505 e. The molecular formula is C4H10OSi. The minimum absolute atomic E-state index is 1.19. The molecule has 0 rings (SSSR count). The predicted octanol–water partition coefficient (Wildman–Crippen LogP) is -0.0698. The summed E-state index contributed by atoms with van der Waals surface area (Å²) in [6.07, 6.45) is 3.74. The molecule has 2 heteroatoms. The van der Waals surface area contributed by atoms with E-state index in [2.05, 4.69) is 4.74 Å². The molecule has 0 atom stereocenters. The van der Waals surface area contributed by atoms with Crippen LogP contribution >= 0.6 is 0 Å². The van der Waals surface area contributed by atoms with Crippen LogP contribution in [-0.2, 0) is 4.74 Å². The van der Waals surface area contributed by atoms with E-state index in [4.69, 9.17) is 0 Å². The van der Waals surface area contributed by atoms with Gasteiger partial charge in [0.2, 0.25) is 0 Å². The Morgan fingerprint density at radius 1 is 1.83 bits per heavy atom. The van der Waals surface area contributed by atoms with Gasteiger partial charge >= 0.3 is 0 Å². The minimum Gasteiger partial charge on any atom is -0.505 e. The van der Waals surface area contributed by atoms with E-state index in [1.165, 1.54) is 16.3 Å². The van der Waals surface area contributed by atoms with Crippen molar-refractivity contribution in [2.24, 2.45) is 0 Å². The highest BCUT2D eigenvalue weighted by Gasteiger charge is 1.58. The zero-order chi connectivity index (χ0) is 4.83. The summed E-state index contributed by atoms with van der Waals surface area (Å²) in [4.78, 5) is 0. The number of methoxy groups -OCH3 is 1. The van der Waals surface area contributed by atoms with Crippen LogP contribution in [0.1, 0.15) is 0 Å². The van der Waals surface area contributed by atoms with E-state index in [9.17, 15) is 0 Å². The Bertz CT molecular complexity index is 36.8. The zero-order valence-corrected chi connectivity index (χ0v) is 6.27. The summed E-state index contributed by atoms with van der Waals surface area (Å²) in [6, 6.07) is 1.19. The minimum atomic E-state index is 1.19. The normalized spacial score (nSPS) is 10.2. The predicted molar refractivity (Wildman–Crippen MR) is 30.9 cm³/mol. The standard InChI is InChI=1S/C4H10OSi/c1-5-3-2-4-6/h2-3H,4H2,1,6H3. The van der Waals surface area contributed by atoms with Gasteiger partial charge in [-0.25, -0.2) is 0 Å². The van der Waals surface area contributed by atoms with Crippen molar-refractivity contribution in [3.63, 3.8) is 0 Å².